The fourth-order valence-electron chi connectivity index (χ4n) is 4.27. The third-order valence-corrected chi connectivity index (χ3v) is 5.56. The first kappa shape index (κ1) is 14.0. The van der Waals surface area contributed by atoms with Crippen LogP contribution in [0.25, 0.3) is 6.08 Å². The first-order valence-corrected chi connectivity index (χ1v) is 7.96. The summed E-state index contributed by atoms with van der Waals surface area (Å²) in [5, 5.41) is 7.27. The molecule has 4 heteroatoms. The molecule has 4 rings (SSSR count). The zero-order valence-corrected chi connectivity index (χ0v) is 13.0. The molecular formula is C18H22N2O2. The second-order valence-electron chi connectivity index (χ2n) is 6.73. The van der Waals surface area contributed by atoms with Crippen LogP contribution in [0.4, 0.5) is 0 Å². The lowest BCUT2D eigenvalue weighted by Gasteiger charge is -2.51. The highest BCUT2D eigenvalue weighted by Gasteiger charge is 2.60. The number of hydrogen-bond donors (Lipinski definition) is 1. The normalized spacial score (nSPS) is 35.6. The highest BCUT2D eigenvalue weighted by molar-refractivity contribution is 5.59. The summed E-state index contributed by atoms with van der Waals surface area (Å²) >= 11 is 0. The van der Waals surface area contributed by atoms with Crippen LogP contribution >= 0.6 is 0 Å². The van der Waals surface area contributed by atoms with Crippen molar-refractivity contribution in [2.75, 3.05) is 0 Å². The van der Waals surface area contributed by atoms with E-state index in [0.717, 1.165) is 31.4 Å². The van der Waals surface area contributed by atoms with Crippen molar-refractivity contribution < 1.29 is 9.47 Å². The zero-order chi connectivity index (χ0) is 15.4. The number of rotatable bonds is 2. The molecule has 0 amide bonds. The fourth-order valence-corrected chi connectivity index (χ4v) is 4.27. The molecule has 1 N–H and O–H groups in total. The predicted molar refractivity (Wildman–Crippen MR) is 85.1 cm³/mol. The first-order valence-electron chi connectivity index (χ1n) is 7.96. The number of aromatic nitrogens is 2. The summed E-state index contributed by atoms with van der Waals surface area (Å²) in [5.41, 5.74) is 3.59. The van der Waals surface area contributed by atoms with E-state index in [1.807, 2.05) is 18.3 Å². The molecule has 116 valence electrons. The minimum Gasteiger partial charge on any atom is -0.339 e. The second kappa shape index (κ2) is 4.67. The first-order chi connectivity index (χ1) is 10.6. The highest BCUT2D eigenvalue weighted by Crippen LogP contribution is 2.58. The molecule has 1 aromatic rings. The summed E-state index contributed by atoms with van der Waals surface area (Å²) in [4.78, 5) is 0. The Morgan fingerprint density at radius 2 is 2.05 bits per heavy atom. The van der Waals surface area contributed by atoms with Gasteiger partial charge in [0.05, 0.1) is 11.9 Å². The van der Waals surface area contributed by atoms with Crippen LogP contribution < -0.4 is 0 Å². The number of nitrogens with one attached hydrogen (secondary N) is 1. The Morgan fingerprint density at radius 1 is 1.32 bits per heavy atom. The molecule has 22 heavy (non-hydrogen) atoms. The SMILES string of the molecule is C=C[C@H]1OC2(CCCC3=Cc4[nH]ncc4C[C@@]32C)O[C@@H]1C=C. The van der Waals surface area contributed by atoms with Crippen molar-refractivity contribution in [1.29, 1.82) is 0 Å². The lowest BCUT2D eigenvalue weighted by atomic mass is 9.62. The van der Waals surface area contributed by atoms with Gasteiger partial charge < -0.3 is 9.47 Å². The van der Waals surface area contributed by atoms with E-state index in [0.29, 0.717) is 0 Å². The van der Waals surface area contributed by atoms with Gasteiger partial charge in [-0.25, -0.2) is 0 Å². The molecule has 0 radical (unpaired) electrons. The predicted octanol–water partition coefficient (Wildman–Crippen LogP) is 3.39. The molecule has 1 aliphatic heterocycles. The van der Waals surface area contributed by atoms with Crippen molar-refractivity contribution in [3.8, 4) is 0 Å². The van der Waals surface area contributed by atoms with E-state index in [4.69, 9.17) is 9.47 Å². The molecule has 1 spiro atoms. The third-order valence-electron chi connectivity index (χ3n) is 5.56. The lowest BCUT2D eigenvalue weighted by Crippen LogP contribution is -2.53. The second-order valence-corrected chi connectivity index (χ2v) is 6.73. The van der Waals surface area contributed by atoms with Crippen LogP contribution in [0.5, 0.6) is 0 Å². The van der Waals surface area contributed by atoms with Gasteiger partial charge in [-0.2, -0.15) is 5.10 Å². The van der Waals surface area contributed by atoms with Gasteiger partial charge in [0.1, 0.15) is 12.2 Å². The smallest absolute Gasteiger partial charge is 0.179 e. The molecule has 0 aromatic carbocycles. The number of fused-ring (bicyclic) bond motifs is 3. The molecule has 0 unspecified atom stereocenters. The van der Waals surface area contributed by atoms with Gasteiger partial charge in [-0.05, 0) is 30.9 Å². The van der Waals surface area contributed by atoms with Crippen LogP contribution in [0.1, 0.15) is 37.4 Å². The van der Waals surface area contributed by atoms with Gasteiger partial charge in [-0.1, -0.05) is 24.6 Å². The Bertz CT molecular complexity index is 644. The molecule has 2 fully saturated rings. The number of ether oxygens (including phenoxy) is 2. The summed E-state index contributed by atoms with van der Waals surface area (Å²) in [6.45, 7) is 10.0. The summed E-state index contributed by atoms with van der Waals surface area (Å²) in [5.74, 6) is -0.593. The van der Waals surface area contributed by atoms with Crippen molar-refractivity contribution in [2.24, 2.45) is 5.41 Å². The third kappa shape index (κ3) is 1.68. The number of aromatic amines is 1. The summed E-state index contributed by atoms with van der Waals surface area (Å²) in [6.07, 6.45) is 11.5. The van der Waals surface area contributed by atoms with Crippen LogP contribution in [-0.2, 0) is 15.9 Å². The maximum absolute atomic E-state index is 6.42. The van der Waals surface area contributed by atoms with Gasteiger partial charge in [0.25, 0.3) is 0 Å². The largest absolute Gasteiger partial charge is 0.339 e. The molecular weight excluding hydrogens is 276 g/mol. The average Bonchev–Trinajstić information content (AvgIpc) is 3.10. The van der Waals surface area contributed by atoms with Crippen molar-refractivity contribution in [1.82, 2.24) is 10.2 Å². The molecule has 0 bridgehead atoms. The minimum atomic E-state index is -0.593. The standard InChI is InChI=1S/C18H22N2O2/c1-4-15-16(5-2)22-18(21-15)8-6-7-13-9-14-12(11-19-20-14)10-17(13,18)3/h4-5,9,11,15-16H,1-2,6-8,10H2,3H3,(H,19,20)/t15-,16-,17+/m1/s1. The van der Waals surface area contributed by atoms with Crippen molar-refractivity contribution >= 4 is 6.08 Å². The Morgan fingerprint density at radius 3 is 2.73 bits per heavy atom. The molecule has 2 heterocycles. The van der Waals surface area contributed by atoms with Gasteiger partial charge in [-0.15, -0.1) is 13.2 Å². The van der Waals surface area contributed by atoms with E-state index in [2.05, 4.69) is 36.4 Å². The lowest BCUT2D eigenvalue weighted by molar-refractivity contribution is -0.243. The molecule has 3 atom stereocenters. The van der Waals surface area contributed by atoms with E-state index in [9.17, 15) is 0 Å². The highest BCUT2D eigenvalue weighted by atomic mass is 16.8. The summed E-state index contributed by atoms with van der Waals surface area (Å²) in [7, 11) is 0. The van der Waals surface area contributed by atoms with Crippen LogP contribution in [0.2, 0.25) is 0 Å². The van der Waals surface area contributed by atoms with E-state index >= 15 is 0 Å². The van der Waals surface area contributed by atoms with Gasteiger partial charge in [-0.3, -0.25) is 5.10 Å². The topological polar surface area (TPSA) is 47.1 Å². The van der Waals surface area contributed by atoms with Crippen LogP contribution in [0.15, 0.2) is 37.1 Å². The van der Waals surface area contributed by atoms with Crippen LogP contribution in [0, 0.1) is 5.41 Å². The molecule has 3 aliphatic rings. The van der Waals surface area contributed by atoms with Crippen molar-refractivity contribution in [2.45, 2.75) is 50.6 Å². The molecule has 1 saturated heterocycles. The monoisotopic (exact) mass is 298 g/mol. The number of nitrogens with zero attached hydrogens (tertiary/aromatic N) is 1. The van der Waals surface area contributed by atoms with E-state index < -0.39 is 5.79 Å². The van der Waals surface area contributed by atoms with E-state index in [1.165, 1.54) is 11.1 Å². The Hall–Kier alpha value is -1.65. The Kier molecular flexibility index (Phi) is 2.97. The van der Waals surface area contributed by atoms with E-state index in [-0.39, 0.29) is 17.6 Å². The fraction of sp³-hybridized carbons (Fsp3) is 0.500. The maximum Gasteiger partial charge on any atom is 0.179 e. The molecule has 1 saturated carbocycles. The molecule has 4 nitrogen and oxygen atoms in total. The van der Waals surface area contributed by atoms with Crippen molar-refractivity contribution in [3.63, 3.8) is 0 Å². The van der Waals surface area contributed by atoms with Gasteiger partial charge in [0.15, 0.2) is 5.79 Å². The van der Waals surface area contributed by atoms with Gasteiger partial charge in [0, 0.05) is 11.8 Å². The average molecular weight is 298 g/mol. The minimum absolute atomic E-state index is 0.126. The molecule has 2 aliphatic carbocycles. The Labute approximate surface area is 130 Å². The Balaban J connectivity index is 1.79. The quantitative estimate of drug-likeness (QED) is 0.851. The number of hydrogen-bond acceptors (Lipinski definition) is 3. The number of H-pyrrole nitrogens is 1. The van der Waals surface area contributed by atoms with E-state index in [1.54, 1.807) is 0 Å². The van der Waals surface area contributed by atoms with Crippen LogP contribution in [-0.4, -0.2) is 28.2 Å². The van der Waals surface area contributed by atoms with Crippen molar-refractivity contribution in [3.05, 3.63) is 48.3 Å². The summed E-state index contributed by atoms with van der Waals surface area (Å²) < 4.78 is 12.8. The molecule has 1 aromatic heterocycles. The van der Waals surface area contributed by atoms with Crippen LogP contribution in [0.3, 0.4) is 0 Å². The zero-order valence-electron chi connectivity index (χ0n) is 13.0. The maximum atomic E-state index is 6.42. The van der Waals surface area contributed by atoms with Gasteiger partial charge in [0.2, 0.25) is 0 Å². The van der Waals surface area contributed by atoms with Gasteiger partial charge >= 0.3 is 0 Å². The summed E-state index contributed by atoms with van der Waals surface area (Å²) in [6, 6.07) is 0.